The molecule has 3 heterocycles. The Labute approximate surface area is 197 Å². The number of likely N-dealkylation sites (tertiary alicyclic amines) is 1. The highest BCUT2D eigenvalue weighted by Gasteiger charge is 2.42. The minimum atomic E-state index is -0.344. The van der Waals surface area contributed by atoms with Gasteiger partial charge in [0, 0.05) is 31.4 Å². The van der Waals surface area contributed by atoms with Crippen LogP contribution in [-0.2, 0) is 4.79 Å². The fraction of sp³-hybridized carbons (Fsp3) is 0.462. The van der Waals surface area contributed by atoms with E-state index >= 15 is 0 Å². The third kappa shape index (κ3) is 3.84. The second kappa shape index (κ2) is 8.71. The van der Waals surface area contributed by atoms with E-state index in [1.165, 1.54) is 11.1 Å². The summed E-state index contributed by atoms with van der Waals surface area (Å²) in [5, 5.41) is 4.23. The van der Waals surface area contributed by atoms with Crippen LogP contribution < -0.4 is 20.0 Å². The first-order chi connectivity index (χ1) is 15.8. The molecule has 2 aromatic rings. The fourth-order valence-electron chi connectivity index (χ4n) is 5.05. The van der Waals surface area contributed by atoms with Crippen molar-refractivity contribution in [2.45, 2.75) is 46.2 Å². The third-order valence-electron chi connectivity index (χ3n) is 6.86. The molecular formula is C26H35N5O2. The van der Waals surface area contributed by atoms with Crippen LogP contribution in [0.2, 0.25) is 0 Å². The molecule has 176 valence electrons. The lowest BCUT2D eigenvalue weighted by molar-refractivity contribution is -0.122. The molecule has 33 heavy (non-hydrogen) atoms. The first-order valence-corrected chi connectivity index (χ1v) is 11.7. The Hall–Kier alpha value is -3.06. The number of ether oxygens (including phenoxy) is 1. The largest absolute Gasteiger partial charge is 0.483 e. The van der Waals surface area contributed by atoms with E-state index in [1.54, 1.807) is 0 Å². The van der Waals surface area contributed by atoms with Crippen molar-refractivity contribution in [3.8, 4) is 16.9 Å². The molecule has 1 unspecified atom stereocenters. The zero-order valence-corrected chi connectivity index (χ0v) is 20.8. The number of hydrazone groups is 1. The number of carbonyl (C=O) groups is 1. The molecule has 3 aliphatic heterocycles. The summed E-state index contributed by atoms with van der Waals surface area (Å²) in [6.07, 6.45) is 0. The van der Waals surface area contributed by atoms with Crippen molar-refractivity contribution >= 4 is 23.1 Å². The van der Waals surface area contributed by atoms with Crippen molar-refractivity contribution in [2.24, 2.45) is 5.10 Å². The lowest BCUT2D eigenvalue weighted by atomic mass is 9.88. The van der Waals surface area contributed by atoms with E-state index in [2.05, 4.69) is 84.7 Å². The van der Waals surface area contributed by atoms with E-state index in [-0.39, 0.29) is 17.5 Å². The van der Waals surface area contributed by atoms with Gasteiger partial charge in [0.15, 0.2) is 5.84 Å². The van der Waals surface area contributed by atoms with Crippen LogP contribution in [0.1, 0.15) is 33.3 Å². The molecular weight excluding hydrogens is 414 g/mol. The fourth-order valence-corrected chi connectivity index (χ4v) is 5.05. The van der Waals surface area contributed by atoms with Gasteiger partial charge in [0.05, 0.1) is 11.2 Å². The lowest BCUT2D eigenvalue weighted by Crippen LogP contribution is -2.66. The highest BCUT2D eigenvalue weighted by molar-refractivity contribution is 6.10. The molecule has 7 heteroatoms. The molecule has 1 N–H and O–H groups in total. The lowest BCUT2D eigenvalue weighted by Gasteiger charge is -2.53. The van der Waals surface area contributed by atoms with Gasteiger partial charge in [-0.1, -0.05) is 38.1 Å². The van der Waals surface area contributed by atoms with Crippen LogP contribution >= 0.6 is 0 Å². The van der Waals surface area contributed by atoms with Crippen molar-refractivity contribution in [3.05, 3.63) is 42.0 Å². The summed E-state index contributed by atoms with van der Waals surface area (Å²) < 4.78 is 6.11. The number of anilines is 2. The van der Waals surface area contributed by atoms with Crippen LogP contribution in [-0.4, -0.2) is 62.0 Å². The van der Waals surface area contributed by atoms with Gasteiger partial charge < -0.3 is 19.4 Å². The number of hydrogen-bond acceptors (Lipinski definition) is 6. The Bertz CT molecular complexity index is 1090. The minimum absolute atomic E-state index is 0.0394. The number of benzene rings is 2. The number of likely N-dealkylation sites (N-methyl/N-ethyl adjacent to an activating group) is 2. The smallest absolute Gasteiger partial charge is 0.262 e. The van der Waals surface area contributed by atoms with Gasteiger partial charge in [0.2, 0.25) is 0 Å². The second-order valence-corrected chi connectivity index (χ2v) is 9.22. The Morgan fingerprint density at radius 3 is 2.55 bits per heavy atom. The predicted molar refractivity (Wildman–Crippen MR) is 135 cm³/mol. The number of fused-ring (bicyclic) bond motifs is 3. The number of nitrogens with zero attached hydrogens (tertiary/aromatic N) is 4. The molecule has 5 rings (SSSR count). The highest BCUT2D eigenvalue weighted by atomic mass is 16.5. The van der Waals surface area contributed by atoms with Crippen molar-refractivity contribution < 1.29 is 9.53 Å². The van der Waals surface area contributed by atoms with Gasteiger partial charge in [-0.05, 0) is 51.1 Å². The predicted octanol–water partition coefficient (Wildman–Crippen LogP) is 3.86. The first kappa shape index (κ1) is 23.1. The average Bonchev–Trinajstić information content (AvgIpc) is 2.80. The van der Waals surface area contributed by atoms with Crippen molar-refractivity contribution in [1.29, 1.82) is 0 Å². The van der Waals surface area contributed by atoms with Crippen LogP contribution in [0.25, 0.3) is 11.1 Å². The molecule has 2 aromatic carbocycles. The van der Waals surface area contributed by atoms with Gasteiger partial charge in [0.25, 0.3) is 5.91 Å². The number of aryl methyl sites for hydroxylation is 1. The standard InChI is InChI=1S/C24H29N5O2.C2H6/c1-15-8-6-7-9-17(15)18-10-21-20(11-19(18)28(5)24(3)13-27(4)14-24)29-16(2)23(30)26-25-22(29)12-31-21;1-2/h6-11,16H,12-14H2,1-5H3,(H,26,30);1-2H3. The van der Waals surface area contributed by atoms with Gasteiger partial charge in [-0.2, -0.15) is 5.10 Å². The Kier molecular flexibility index (Phi) is 6.10. The van der Waals surface area contributed by atoms with E-state index in [1.807, 2.05) is 25.7 Å². The topological polar surface area (TPSA) is 60.4 Å². The van der Waals surface area contributed by atoms with Crippen molar-refractivity contribution in [2.75, 3.05) is 43.6 Å². The van der Waals surface area contributed by atoms with E-state index in [9.17, 15) is 4.79 Å². The molecule has 1 saturated heterocycles. The SMILES string of the molecule is CC.Cc1ccccc1-c1cc2c(cc1N(C)C1(C)CN(C)C1)N1C(=NNC(=O)C1C)CO2. The maximum Gasteiger partial charge on any atom is 0.262 e. The average molecular weight is 450 g/mol. The Morgan fingerprint density at radius 2 is 1.88 bits per heavy atom. The number of carbonyl (C=O) groups excluding carboxylic acids is 1. The number of nitrogens with one attached hydrogen (secondary N) is 1. The summed E-state index contributed by atoms with van der Waals surface area (Å²) >= 11 is 0. The summed E-state index contributed by atoms with van der Waals surface area (Å²) in [6, 6.07) is 12.4. The van der Waals surface area contributed by atoms with Gasteiger partial charge in [-0.25, -0.2) is 5.43 Å². The minimum Gasteiger partial charge on any atom is -0.483 e. The summed E-state index contributed by atoms with van der Waals surface area (Å²) in [4.78, 5) is 19.1. The van der Waals surface area contributed by atoms with Crippen LogP contribution in [0.4, 0.5) is 11.4 Å². The van der Waals surface area contributed by atoms with Crippen molar-refractivity contribution in [3.63, 3.8) is 0 Å². The van der Waals surface area contributed by atoms with E-state index in [4.69, 9.17) is 4.74 Å². The zero-order chi connectivity index (χ0) is 23.9. The monoisotopic (exact) mass is 449 g/mol. The molecule has 1 fully saturated rings. The maximum absolute atomic E-state index is 12.3. The van der Waals surface area contributed by atoms with Crippen LogP contribution in [0.5, 0.6) is 5.75 Å². The number of hydrogen-bond donors (Lipinski definition) is 1. The molecule has 3 aliphatic rings. The quantitative estimate of drug-likeness (QED) is 0.771. The normalized spacial score (nSPS) is 20.7. The molecule has 0 saturated carbocycles. The summed E-state index contributed by atoms with van der Waals surface area (Å²) in [5.74, 6) is 1.40. The number of amides is 1. The molecule has 0 spiro atoms. The van der Waals surface area contributed by atoms with Crippen molar-refractivity contribution in [1.82, 2.24) is 10.3 Å². The van der Waals surface area contributed by atoms with Crippen LogP contribution in [0.15, 0.2) is 41.5 Å². The van der Waals surface area contributed by atoms with Gasteiger partial charge in [-0.15, -0.1) is 0 Å². The third-order valence-corrected chi connectivity index (χ3v) is 6.86. The molecule has 0 aliphatic carbocycles. The molecule has 0 bridgehead atoms. The first-order valence-electron chi connectivity index (χ1n) is 11.7. The van der Waals surface area contributed by atoms with Gasteiger partial charge >= 0.3 is 0 Å². The molecule has 1 atom stereocenters. The molecule has 7 nitrogen and oxygen atoms in total. The number of amidine groups is 1. The van der Waals surface area contributed by atoms with E-state index < -0.39 is 0 Å². The maximum atomic E-state index is 12.3. The second-order valence-electron chi connectivity index (χ2n) is 9.22. The van der Waals surface area contributed by atoms with E-state index in [0.717, 1.165) is 41.6 Å². The van der Waals surface area contributed by atoms with E-state index in [0.29, 0.717) is 6.61 Å². The summed E-state index contributed by atoms with van der Waals surface area (Å²) in [5.41, 5.74) is 8.22. The highest BCUT2D eigenvalue weighted by Crippen LogP contribution is 2.46. The Balaban J connectivity index is 0.00000126. The van der Waals surface area contributed by atoms with Crippen LogP contribution in [0.3, 0.4) is 0 Å². The summed E-state index contributed by atoms with van der Waals surface area (Å²) in [6.45, 7) is 12.7. The molecule has 0 radical (unpaired) electrons. The zero-order valence-electron chi connectivity index (χ0n) is 20.8. The van der Waals surface area contributed by atoms with Gasteiger partial charge in [0.1, 0.15) is 18.4 Å². The number of rotatable bonds is 3. The molecule has 0 aromatic heterocycles. The molecule has 1 amide bonds. The Morgan fingerprint density at radius 1 is 1.18 bits per heavy atom. The summed E-state index contributed by atoms with van der Waals surface area (Å²) in [7, 11) is 4.32. The van der Waals surface area contributed by atoms with Gasteiger partial charge in [-0.3, -0.25) is 4.79 Å². The van der Waals surface area contributed by atoms with Crippen LogP contribution in [0, 0.1) is 6.92 Å².